The van der Waals surface area contributed by atoms with Crippen molar-refractivity contribution in [2.75, 3.05) is 0 Å². The maximum Gasteiger partial charge on any atom is 0.172 e. The van der Waals surface area contributed by atoms with Gasteiger partial charge in [-0.25, -0.2) is 0 Å². The van der Waals surface area contributed by atoms with E-state index in [4.69, 9.17) is 4.74 Å². The van der Waals surface area contributed by atoms with Crippen LogP contribution in [0.25, 0.3) is 0 Å². The molecule has 1 rings (SSSR count). The van der Waals surface area contributed by atoms with E-state index in [1.54, 1.807) is 0 Å². The number of ketones is 1. The van der Waals surface area contributed by atoms with Crippen LogP contribution in [0.5, 0.6) is 5.75 Å². The number of para-hydroxylation sites is 1. The Balaban J connectivity index is 3.07. The molecule has 0 N–H and O–H groups in total. The predicted octanol–water partition coefficient (Wildman–Crippen LogP) is 5.65. The van der Waals surface area contributed by atoms with Crippen molar-refractivity contribution in [1.29, 1.82) is 0 Å². The molecule has 0 saturated heterocycles. The van der Waals surface area contributed by atoms with Gasteiger partial charge < -0.3 is 4.74 Å². The highest BCUT2D eigenvalue weighted by molar-refractivity contribution is 6.02. The molecular weight excluding hydrogens is 260 g/mol. The molecule has 0 aliphatic carbocycles. The Hall–Kier alpha value is -1.31. The molecule has 2 heteroatoms. The molecule has 0 bridgehead atoms. The minimum atomic E-state index is -0.344. The van der Waals surface area contributed by atoms with Crippen LogP contribution in [0.4, 0.5) is 0 Å². The van der Waals surface area contributed by atoms with Crippen molar-refractivity contribution in [2.24, 2.45) is 5.41 Å². The normalized spacial score (nSPS) is 12.3. The summed E-state index contributed by atoms with van der Waals surface area (Å²) >= 11 is 0. The Morgan fingerprint density at radius 1 is 1.00 bits per heavy atom. The average molecular weight is 290 g/mol. The first-order valence-electron chi connectivity index (χ1n) is 8.06. The number of ether oxygens (including phenoxy) is 1. The Morgan fingerprint density at radius 3 is 2.14 bits per heavy atom. The largest absolute Gasteiger partial charge is 0.487 e. The summed E-state index contributed by atoms with van der Waals surface area (Å²) in [5.74, 6) is 0.886. The van der Waals surface area contributed by atoms with Gasteiger partial charge in [-0.15, -0.1) is 0 Å². The summed E-state index contributed by atoms with van der Waals surface area (Å²) in [5, 5.41) is 0. The molecule has 0 aliphatic rings. The zero-order valence-corrected chi connectivity index (χ0v) is 14.5. The Kier molecular flexibility index (Phi) is 6.00. The third-order valence-corrected chi connectivity index (χ3v) is 3.86. The zero-order chi connectivity index (χ0) is 16.1. The van der Waals surface area contributed by atoms with Crippen LogP contribution in [0.15, 0.2) is 24.3 Å². The number of carbonyl (C=O) groups is 1. The predicted molar refractivity (Wildman–Crippen MR) is 89.1 cm³/mol. The molecule has 0 amide bonds. The van der Waals surface area contributed by atoms with Gasteiger partial charge in [-0.05, 0) is 38.8 Å². The fraction of sp³-hybridized carbons (Fsp3) is 0.632. The van der Waals surface area contributed by atoms with Crippen molar-refractivity contribution in [3.63, 3.8) is 0 Å². The summed E-state index contributed by atoms with van der Waals surface area (Å²) in [5.41, 5.74) is 0.114. The number of hydrogen-bond donors (Lipinski definition) is 0. The van der Waals surface area contributed by atoms with Gasteiger partial charge in [0.15, 0.2) is 5.78 Å². The molecule has 0 unspecified atom stereocenters. The van der Waals surface area contributed by atoms with E-state index in [1.807, 2.05) is 38.1 Å². The second-order valence-corrected chi connectivity index (χ2v) is 7.07. The van der Waals surface area contributed by atoms with Crippen molar-refractivity contribution in [3.05, 3.63) is 29.8 Å². The van der Waals surface area contributed by atoms with E-state index in [0.29, 0.717) is 11.3 Å². The van der Waals surface area contributed by atoms with Crippen LogP contribution in [-0.2, 0) is 0 Å². The van der Waals surface area contributed by atoms with Crippen LogP contribution >= 0.6 is 0 Å². The maximum absolute atomic E-state index is 12.8. The van der Waals surface area contributed by atoms with Crippen LogP contribution in [0.2, 0.25) is 0 Å². The fourth-order valence-electron chi connectivity index (χ4n) is 2.80. The molecule has 2 nitrogen and oxygen atoms in total. The van der Waals surface area contributed by atoms with Crippen molar-refractivity contribution >= 4 is 5.78 Å². The lowest BCUT2D eigenvalue weighted by atomic mass is 9.80. The molecule has 0 spiro atoms. The van der Waals surface area contributed by atoms with E-state index in [-0.39, 0.29) is 16.8 Å². The standard InChI is InChI=1S/C19H30O2/c1-7-13-18(3,4)17(20)15-11-9-10-12-16(15)21-19(5,6)14-8-2/h9-12H,7-8,13-14H2,1-6H3. The summed E-state index contributed by atoms with van der Waals surface area (Å²) in [6.07, 6.45) is 3.92. The van der Waals surface area contributed by atoms with E-state index < -0.39 is 0 Å². The van der Waals surface area contributed by atoms with Crippen molar-refractivity contribution in [1.82, 2.24) is 0 Å². The van der Waals surface area contributed by atoms with E-state index in [9.17, 15) is 4.79 Å². The first-order chi connectivity index (χ1) is 9.73. The van der Waals surface area contributed by atoms with Crippen LogP contribution < -0.4 is 4.74 Å². The molecule has 0 fully saturated rings. The zero-order valence-electron chi connectivity index (χ0n) is 14.5. The molecule has 1 aromatic rings. The lowest BCUT2D eigenvalue weighted by molar-refractivity contribution is 0.0784. The maximum atomic E-state index is 12.8. The first kappa shape index (κ1) is 17.7. The highest BCUT2D eigenvalue weighted by Gasteiger charge is 2.31. The number of hydrogen-bond acceptors (Lipinski definition) is 2. The Morgan fingerprint density at radius 2 is 1.57 bits per heavy atom. The number of rotatable bonds is 8. The molecule has 1 aromatic carbocycles. The van der Waals surface area contributed by atoms with Gasteiger partial charge in [0.1, 0.15) is 11.4 Å². The van der Waals surface area contributed by atoms with Crippen LogP contribution in [0.1, 0.15) is 77.6 Å². The van der Waals surface area contributed by atoms with Gasteiger partial charge in [0, 0.05) is 5.41 Å². The lowest BCUT2D eigenvalue weighted by Gasteiger charge is -2.29. The van der Waals surface area contributed by atoms with E-state index in [0.717, 1.165) is 25.7 Å². The monoisotopic (exact) mass is 290 g/mol. The summed E-state index contributed by atoms with van der Waals surface area (Å²) < 4.78 is 6.15. The highest BCUT2D eigenvalue weighted by atomic mass is 16.5. The number of carbonyl (C=O) groups excluding carboxylic acids is 1. The molecule has 118 valence electrons. The Bertz CT molecular complexity index is 472. The lowest BCUT2D eigenvalue weighted by Crippen LogP contribution is -2.30. The van der Waals surface area contributed by atoms with Crippen LogP contribution in [0, 0.1) is 5.41 Å². The topological polar surface area (TPSA) is 26.3 Å². The minimum absolute atomic E-state index is 0.173. The molecule has 0 atom stereocenters. The smallest absolute Gasteiger partial charge is 0.172 e. The molecule has 0 heterocycles. The van der Waals surface area contributed by atoms with Crippen LogP contribution in [0.3, 0.4) is 0 Å². The molecule has 0 radical (unpaired) electrons. The van der Waals surface area contributed by atoms with Crippen molar-refractivity contribution in [2.45, 2.75) is 72.8 Å². The molecular formula is C19H30O2. The molecule has 0 saturated carbocycles. The second-order valence-electron chi connectivity index (χ2n) is 7.07. The molecule has 0 aliphatic heterocycles. The SMILES string of the molecule is CCCC(C)(C)Oc1ccccc1C(=O)C(C)(C)CCC. The number of benzene rings is 1. The van der Waals surface area contributed by atoms with Crippen molar-refractivity contribution in [3.8, 4) is 5.75 Å². The summed E-state index contributed by atoms with van der Waals surface area (Å²) in [7, 11) is 0. The van der Waals surface area contributed by atoms with E-state index in [2.05, 4.69) is 27.7 Å². The third kappa shape index (κ3) is 4.87. The van der Waals surface area contributed by atoms with Gasteiger partial charge in [-0.1, -0.05) is 52.7 Å². The summed E-state index contributed by atoms with van der Waals surface area (Å²) in [4.78, 5) is 12.8. The van der Waals surface area contributed by atoms with Gasteiger partial charge in [0.2, 0.25) is 0 Å². The minimum Gasteiger partial charge on any atom is -0.487 e. The van der Waals surface area contributed by atoms with Gasteiger partial charge in [0.05, 0.1) is 5.56 Å². The third-order valence-electron chi connectivity index (χ3n) is 3.86. The Labute approximate surface area is 129 Å². The fourth-order valence-corrected chi connectivity index (χ4v) is 2.80. The summed E-state index contributed by atoms with van der Waals surface area (Å²) in [6.45, 7) is 12.5. The van der Waals surface area contributed by atoms with Gasteiger partial charge in [-0.3, -0.25) is 4.79 Å². The quantitative estimate of drug-likeness (QED) is 0.578. The van der Waals surface area contributed by atoms with Gasteiger partial charge >= 0.3 is 0 Å². The van der Waals surface area contributed by atoms with Crippen molar-refractivity contribution < 1.29 is 9.53 Å². The van der Waals surface area contributed by atoms with Gasteiger partial charge in [-0.2, -0.15) is 0 Å². The van der Waals surface area contributed by atoms with E-state index in [1.165, 1.54) is 0 Å². The number of Topliss-reactive ketones (excluding diaryl/α,β-unsaturated/α-hetero) is 1. The van der Waals surface area contributed by atoms with Crippen LogP contribution in [-0.4, -0.2) is 11.4 Å². The second kappa shape index (κ2) is 7.11. The molecule has 0 aromatic heterocycles. The first-order valence-corrected chi connectivity index (χ1v) is 8.06. The highest BCUT2D eigenvalue weighted by Crippen LogP contribution is 2.33. The average Bonchev–Trinajstić information content (AvgIpc) is 2.37. The molecule has 21 heavy (non-hydrogen) atoms. The van der Waals surface area contributed by atoms with E-state index >= 15 is 0 Å². The van der Waals surface area contributed by atoms with Gasteiger partial charge in [0.25, 0.3) is 0 Å². The summed E-state index contributed by atoms with van der Waals surface area (Å²) in [6, 6.07) is 7.64.